The lowest BCUT2D eigenvalue weighted by Crippen LogP contribution is -2.40. The second-order valence-electron chi connectivity index (χ2n) is 7.79. The standard InChI is InChI=1S/C23H26N4O3/c1-17-21(9-12-30-17)23(29)25-20-14-24-27(15-20)16-22(28)26-10-7-19(8-11-26)13-18-5-3-2-4-6-18/h2-6,9,12,14-15,19H,7-8,10-11,13,16H2,1H3,(H,25,29). The predicted octanol–water partition coefficient (Wildman–Crippen LogP) is 3.52. The number of amides is 2. The molecule has 1 aromatic carbocycles. The molecule has 2 aromatic heterocycles. The van der Waals surface area contributed by atoms with Crippen LogP contribution in [0.3, 0.4) is 0 Å². The van der Waals surface area contributed by atoms with Crippen molar-refractivity contribution in [3.05, 3.63) is 71.9 Å². The highest BCUT2D eigenvalue weighted by Gasteiger charge is 2.23. The Labute approximate surface area is 175 Å². The Hall–Kier alpha value is -3.35. The average molecular weight is 406 g/mol. The van der Waals surface area contributed by atoms with Crippen LogP contribution in [0.2, 0.25) is 0 Å². The third-order valence-corrected chi connectivity index (χ3v) is 5.63. The second kappa shape index (κ2) is 8.98. The van der Waals surface area contributed by atoms with Crippen LogP contribution in [0.5, 0.6) is 0 Å². The van der Waals surface area contributed by atoms with E-state index >= 15 is 0 Å². The number of nitrogens with zero attached hydrogens (tertiary/aromatic N) is 3. The molecule has 3 heterocycles. The van der Waals surface area contributed by atoms with E-state index in [-0.39, 0.29) is 18.4 Å². The van der Waals surface area contributed by atoms with Gasteiger partial charge in [0.2, 0.25) is 5.91 Å². The van der Waals surface area contributed by atoms with E-state index in [1.54, 1.807) is 30.1 Å². The smallest absolute Gasteiger partial charge is 0.259 e. The first-order valence-corrected chi connectivity index (χ1v) is 10.3. The lowest BCUT2D eigenvalue weighted by Gasteiger charge is -2.32. The number of aryl methyl sites for hydroxylation is 1. The molecule has 2 amide bonds. The molecule has 0 spiro atoms. The summed E-state index contributed by atoms with van der Waals surface area (Å²) in [6.07, 6.45) is 7.81. The molecule has 3 aromatic rings. The molecule has 0 atom stereocenters. The van der Waals surface area contributed by atoms with E-state index in [9.17, 15) is 9.59 Å². The van der Waals surface area contributed by atoms with Crippen molar-refractivity contribution < 1.29 is 14.0 Å². The number of carbonyl (C=O) groups excluding carboxylic acids is 2. The first kappa shape index (κ1) is 19.9. The minimum atomic E-state index is -0.257. The van der Waals surface area contributed by atoms with Crippen LogP contribution in [0, 0.1) is 12.8 Å². The van der Waals surface area contributed by atoms with Crippen LogP contribution in [0.25, 0.3) is 0 Å². The Morgan fingerprint density at radius 1 is 1.17 bits per heavy atom. The molecule has 4 rings (SSSR count). The molecule has 0 radical (unpaired) electrons. The van der Waals surface area contributed by atoms with Crippen molar-refractivity contribution in [1.82, 2.24) is 14.7 Å². The highest BCUT2D eigenvalue weighted by molar-refractivity contribution is 6.04. The Morgan fingerprint density at radius 3 is 2.63 bits per heavy atom. The molecule has 1 aliphatic heterocycles. The van der Waals surface area contributed by atoms with Crippen LogP contribution in [0.1, 0.15) is 34.5 Å². The van der Waals surface area contributed by atoms with E-state index in [1.165, 1.54) is 11.8 Å². The third kappa shape index (κ3) is 4.79. The Morgan fingerprint density at radius 2 is 1.93 bits per heavy atom. The number of anilines is 1. The van der Waals surface area contributed by atoms with Crippen LogP contribution in [-0.4, -0.2) is 39.6 Å². The number of hydrogen-bond acceptors (Lipinski definition) is 4. The van der Waals surface area contributed by atoms with Crippen LogP contribution < -0.4 is 5.32 Å². The number of hydrogen-bond donors (Lipinski definition) is 1. The number of nitrogens with one attached hydrogen (secondary N) is 1. The molecule has 0 bridgehead atoms. The van der Waals surface area contributed by atoms with Gasteiger partial charge in [0.1, 0.15) is 12.3 Å². The normalized spacial score (nSPS) is 14.6. The summed E-state index contributed by atoms with van der Waals surface area (Å²) in [7, 11) is 0. The van der Waals surface area contributed by atoms with Gasteiger partial charge in [-0.25, -0.2) is 0 Å². The predicted molar refractivity (Wildman–Crippen MR) is 113 cm³/mol. The first-order valence-electron chi connectivity index (χ1n) is 10.3. The molecule has 0 saturated carbocycles. The molecule has 30 heavy (non-hydrogen) atoms. The molecule has 1 fully saturated rings. The van der Waals surface area contributed by atoms with Crippen LogP contribution in [0.15, 0.2) is 59.5 Å². The fourth-order valence-electron chi connectivity index (χ4n) is 3.91. The molecule has 156 valence electrons. The Kier molecular flexibility index (Phi) is 5.97. The minimum Gasteiger partial charge on any atom is -0.469 e. The van der Waals surface area contributed by atoms with Crippen molar-refractivity contribution >= 4 is 17.5 Å². The fraction of sp³-hybridized carbons (Fsp3) is 0.348. The van der Waals surface area contributed by atoms with E-state index in [1.807, 2.05) is 11.0 Å². The van der Waals surface area contributed by atoms with Crippen molar-refractivity contribution in [2.75, 3.05) is 18.4 Å². The van der Waals surface area contributed by atoms with Gasteiger partial charge in [0.15, 0.2) is 0 Å². The monoisotopic (exact) mass is 406 g/mol. The first-order chi connectivity index (χ1) is 14.6. The molecule has 7 nitrogen and oxygen atoms in total. The number of aromatic nitrogens is 2. The van der Waals surface area contributed by atoms with E-state index in [0.29, 0.717) is 22.9 Å². The maximum Gasteiger partial charge on any atom is 0.259 e. The van der Waals surface area contributed by atoms with Crippen LogP contribution >= 0.6 is 0 Å². The molecule has 1 saturated heterocycles. The van der Waals surface area contributed by atoms with Gasteiger partial charge in [0.05, 0.1) is 23.7 Å². The van der Waals surface area contributed by atoms with Gasteiger partial charge in [-0.1, -0.05) is 30.3 Å². The van der Waals surface area contributed by atoms with E-state index in [0.717, 1.165) is 32.4 Å². The van der Waals surface area contributed by atoms with Crippen molar-refractivity contribution in [2.45, 2.75) is 32.7 Å². The zero-order valence-electron chi connectivity index (χ0n) is 17.1. The maximum absolute atomic E-state index is 12.7. The molecule has 1 aliphatic rings. The summed E-state index contributed by atoms with van der Waals surface area (Å²) in [6.45, 7) is 3.46. The number of piperidine rings is 1. The molecule has 0 unspecified atom stereocenters. The number of furan rings is 1. The van der Waals surface area contributed by atoms with Gasteiger partial charge in [0, 0.05) is 19.3 Å². The lowest BCUT2D eigenvalue weighted by atomic mass is 9.90. The van der Waals surface area contributed by atoms with Gasteiger partial charge >= 0.3 is 0 Å². The summed E-state index contributed by atoms with van der Waals surface area (Å²) in [4.78, 5) is 26.8. The van der Waals surface area contributed by atoms with Crippen LogP contribution in [-0.2, 0) is 17.8 Å². The van der Waals surface area contributed by atoms with Crippen molar-refractivity contribution in [3.63, 3.8) is 0 Å². The molecular weight excluding hydrogens is 380 g/mol. The van der Waals surface area contributed by atoms with E-state index in [4.69, 9.17) is 4.42 Å². The molecule has 1 N–H and O–H groups in total. The topological polar surface area (TPSA) is 80.4 Å². The average Bonchev–Trinajstić information content (AvgIpc) is 3.38. The van der Waals surface area contributed by atoms with Gasteiger partial charge in [-0.15, -0.1) is 0 Å². The Bertz CT molecular complexity index is 1000. The minimum absolute atomic E-state index is 0.0554. The summed E-state index contributed by atoms with van der Waals surface area (Å²) in [5.74, 6) is 0.979. The lowest BCUT2D eigenvalue weighted by molar-refractivity contribution is -0.133. The zero-order chi connectivity index (χ0) is 20.9. The molecular formula is C23H26N4O3. The van der Waals surface area contributed by atoms with E-state index < -0.39 is 0 Å². The number of carbonyl (C=O) groups is 2. The van der Waals surface area contributed by atoms with Crippen molar-refractivity contribution in [2.24, 2.45) is 5.92 Å². The summed E-state index contributed by atoms with van der Waals surface area (Å²) in [5.41, 5.74) is 2.39. The summed E-state index contributed by atoms with van der Waals surface area (Å²) < 4.78 is 6.72. The highest BCUT2D eigenvalue weighted by Crippen LogP contribution is 2.22. The highest BCUT2D eigenvalue weighted by atomic mass is 16.3. The van der Waals surface area contributed by atoms with Gasteiger partial charge < -0.3 is 14.6 Å². The Balaban J connectivity index is 1.26. The summed E-state index contributed by atoms with van der Waals surface area (Å²) >= 11 is 0. The quantitative estimate of drug-likeness (QED) is 0.679. The molecule has 0 aliphatic carbocycles. The van der Waals surface area contributed by atoms with Gasteiger partial charge in [-0.2, -0.15) is 5.10 Å². The molecule has 7 heteroatoms. The summed E-state index contributed by atoms with van der Waals surface area (Å²) in [6, 6.07) is 12.1. The third-order valence-electron chi connectivity index (χ3n) is 5.63. The maximum atomic E-state index is 12.7. The summed E-state index contributed by atoms with van der Waals surface area (Å²) in [5, 5.41) is 6.99. The van der Waals surface area contributed by atoms with Gasteiger partial charge in [-0.05, 0) is 43.7 Å². The SMILES string of the molecule is Cc1occc1C(=O)Nc1cnn(CC(=O)N2CCC(Cc3ccccc3)CC2)c1. The number of benzene rings is 1. The second-order valence-corrected chi connectivity index (χ2v) is 7.79. The van der Waals surface area contributed by atoms with Crippen LogP contribution in [0.4, 0.5) is 5.69 Å². The fourth-order valence-corrected chi connectivity index (χ4v) is 3.91. The largest absolute Gasteiger partial charge is 0.469 e. The number of likely N-dealkylation sites (tertiary alicyclic amines) is 1. The number of rotatable bonds is 6. The zero-order valence-corrected chi connectivity index (χ0v) is 17.1. The van der Waals surface area contributed by atoms with E-state index in [2.05, 4.69) is 34.7 Å². The van der Waals surface area contributed by atoms with Gasteiger partial charge in [0.25, 0.3) is 5.91 Å². The van der Waals surface area contributed by atoms with Crippen molar-refractivity contribution in [1.29, 1.82) is 0 Å². The van der Waals surface area contributed by atoms with Gasteiger partial charge in [-0.3, -0.25) is 14.3 Å². The van der Waals surface area contributed by atoms with Crippen molar-refractivity contribution in [3.8, 4) is 0 Å².